The van der Waals surface area contributed by atoms with Gasteiger partial charge in [0.15, 0.2) is 0 Å². The van der Waals surface area contributed by atoms with Gasteiger partial charge in [0.2, 0.25) is 5.91 Å². The summed E-state index contributed by atoms with van der Waals surface area (Å²) in [5, 5.41) is 2.85. The Morgan fingerprint density at radius 3 is 2.35 bits per heavy atom. The van der Waals surface area contributed by atoms with E-state index in [0.29, 0.717) is 42.3 Å². The number of furan rings is 1. The van der Waals surface area contributed by atoms with Crippen LogP contribution in [0.4, 0.5) is 5.69 Å². The van der Waals surface area contributed by atoms with Gasteiger partial charge < -0.3 is 34.6 Å². The molecule has 4 aromatic rings. The fourth-order valence-electron chi connectivity index (χ4n) is 4.34. The third-order valence-electron chi connectivity index (χ3n) is 6.92. The van der Waals surface area contributed by atoms with Crippen LogP contribution in [-0.2, 0) is 29.2 Å². The van der Waals surface area contributed by atoms with Gasteiger partial charge in [-0.1, -0.05) is 56.3 Å². The van der Waals surface area contributed by atoms with Crippen LogP contribution in [0.3, 0.4) is 0 Å². The molecule has 0 spiro atoms. The summed E-state index contributed by atoms with van der Waals surface area (Å²) in [6, 6.07) is 24.9. The van der Waals surface area contributed by atoms with E-state index in [1.54, 1.807) is 36.6 Å². The molecular weight excluding hydrogens is 546 g/mol. The maximum absolute atomic E-state index is 13.1. The van der Waals surface area contributed by atoms with E-state index in [0.717, 1.165) is 30.0 Å². The Bertz CT molecular complexity index is 1420. The molecule has 1 atom stereocenters. The highest BCUT2D eigenvalue weighted by Crippen LogP contribution is 2.28. The topological polar surface area (TPSA) is 116 Å². The minimum absolute atomic E-state index is 0.112. The zero-order valence-electron chi connectivity index (χ0n) is 24.7. The molecule has 3 N–H and O–H groups in total. The Labute approximate surface area is 252 Å². The van der Waals surface area contributed by atoms with E-state index in [-0.39, 0.29) is 19.1 Å². The molecule has 3 aromatic carbocycles. The lowest BCUT2D eigenvalue weighted by Gasteiger charge is -2.18. The van der Waals surface area contributed by atoms with Crippen molar-refractivity contribution in [2.24, 2.45) is 5.73 Å². The van der Waals surface area contributed by atoms with Crippen LogP contribution in [0.25, 0.3) is 0 Å². The average molecular weight is 586 g/mol. The molecule has 0 fully saturated rings. The number of amides is 1. The molecule has 0 aliphatic rings. The standard InChI is InChI=1S/C34H39N3O6/c1-3-37(4-2)18-20-41-34(39)27-14-17-31(32(22-27)43-24-29-11-8-19-40-29)36-33(38)30(35)21-25-12-15-28(16-13-25)42-23-26-9-6-5-7-10-26/h5-17,19,22,30H,3-4,18,20-21,23-24,35H2,1-2H3,(H,36,38)/t30-/m1/s1. The number of nitrogens with zero attached hydrogens (tertiary/aromatic N) is 1. The summed E-state index contributed by atoms with van der Waals surface area (Å²) in [7, 11) is 0. The molecule has 0 unspecified atom stereocenters. The number of hydrogen-bond acceptors (Lipinski definition) is 8. The summed E-state index contributed by atoms with van der Waals surface area (Å²) in [5.41, 5.74) is 8.95. The quantitative estimate of drug-likeness (QED) is 0.167. The number of ether oxygens (including phenoxy) is 3. The maximum Gasteiger partial charge on any atom is 0.338 e. The predicted octanol–water partition coefficient (Wildman–Crippen LogP) is 5.44. The van der Waals surface area contributed by atoms with Gasteiger partial charge in [-0.05, 0) is 73.1 Å². The molecule has 0 bridgehead atoms. The van der Waals surface area contributed by atoms with E-state index in [4.69, 9.17) is 24.4 Å². The van der Waals surface area contributed by atoms with E-state index in [9.17, 15) is 9.59 Å². The van der Waals surface area contributed by atoms with Gasteiger partial charge in [0.25, 0.3) is 0 Å². The number of esters is 1. The zero-order valence-corrected chi connectivity index (χ0v) is 24.7. The highest BCUT2D eigenvalue weighted by molar-refractivity contribution is 5.97. The first-order valence-electron chi connectivity index (χ1n) is 14.5. The number of nitrogens with one attached hydrogen (secondary N) is 1. The third-order valence-corrected chi connectivity index (χ3v) is 6.92. The van der Waals surface area contributed by atoms with Crippen LogP contribution in [-0.4, -0.2) is 49.1 Å². The van der Waals surface area contributed by atoms with E-state index in [1.807, 2.05) is 54.6 Å². The number of carbonyl (C=O) groups is 2. The van der Waals surface area contributed by atoms with E-state index >= 15 is 0 Å². The molecule has 43 heavy (non-hydrogen) atoms. The highest BCUT2D eigenvalue weighted by atomic mass is 16.5. The van der Waals surface area contributed by atoms with Crippen molar-refractivity contribution in [1.29, 1.82) is 0 Å². The van der Waals surface area contributed by atoms with E-state index in [1.165, 1.54) is 0 Å². The molecule has 9 heteroatoms. The Morgan fingerprint density at radius 1 is 0.884 bits per heavy atom. The maximum atomic E-state index is 13.1. The van der Waals surface area contributed by atoms with Gasteiger partial charge in [0.1, 0.15) is 37.1 Å². The van der Waals surface area contributed by atoms with Crippen LogP contribution in [0.2, 0.25) is 0 Å². The third kappa shape index (κ3) is 9.73. The van der Waals surface area contributed by atoms with Crippen molar-refractivity contribution in [3.05, 3.63) is 114 Å². The smallest absolute Gasteiger partial charge is 0.338 e. The van der Waals surface area contributed by atoms with Crippen molar-refractivity contribution >= 4 is 17.6 Å². The summed E-state index contributed by atoms with van der Waals surface area (Å²) in [6.45, 7) is 7.39. The molecule has 226 valence electrons. The molecule has 1 amide bonds. The van der Waals surface area contributed by atoms with E-state index in [2.05, 4.69) is 24.1 Å². The van der Waals surface area contributed by atoms with Crippen LogP contribution in [0.5, 0.6) is 11.5 Å². The van der Waals surface area contributed by atoms with E-state index < -0.39 is 12.0 Å². The molecular formula is C34H39N3O6. The average Bonchev–Trinajstić information content (AvgIpc) is 3.56. The number of anilines is 1. The van der Waals surface area contributed by atoms with Crippen LogP contribution >= 0.6 is 0 Å². The summed E-state index contributed by atoms with van der Waals surface area (Å²) in [4.78, 5) is 28.0. The monoisotopic (exact) mass is 585 g/mol. The molecule has 0 aliphatic carbocycles. The fourth-order valence-corrected chi connectivity index (χ4v) is 4.34. The highest BCUT2D eigenvalue weighted by Gasteiger charge is 2.19. The normalized spacial score (nSPS) is 11.6. The van der Waals surface area contributed by atoms with Gasteiger partial charge in [-0.25, -0.2) is 4.79 Å². The van der Waals surface area contributed by atoms with Gasteiger partial charge >= 0.3 is 5.97 Å². The Hall–Kier alpha value is -4.60. The Balaban J connectivity index is 1.37. The summed E-state index contributed by atoms with van der Waals surface area (Å²) < 4.78 is 22.6. The van der Waals surface area contributed by atoms with Crippen LogP contribution in [0.1, 0.15) is 41.1 Å². The summed E-state index contributed by atoms with van der Waals surface area (Å²) >= 11 is 0. The van der Waals surface area contributed by atoms with Crippen LogP contribution in [0, 0.1) is 0 Å². The molecule has 0 saturated heterocycles. The first kappa shape index (κ1) is 31.3. The second-order valence-corrected chi connectivity index (χ2v) is 9.96. The predicted molar refractivity (Wildman–Crippen MR) is 165 cm³/mol. The SMILES string of the molecule is CCN(CC)CCOC(=O)c1ccc(NC(=O)[C@H](N)Cc2ccc(OCc3ccccc3)cc2)c(OCc2ccco2)c1. The molecule has 0 saturated carbocycles. The van der Waals surface area contributed by atoms with Crippen molar-refractivity contribution in [2.75, 3.05) is 31.6 Å². The minimum Gasteiger partial charge on any atom is -0.489 e. The molecule has 4 rings (SSSR count). The largest absolute Gasteiger partial charge is 0.489 e. The Kier molecular flexibility index (Phi) is 11.8. The van der Waals surface area contributed by atoms with Gasteiger partial charge in [-0.2, -0.15) is 0 Å². The van der Waals surface area contributed by atoms with Crippen molar-refractivity contribution in [2.45, 2.75) is 39.5 Å². The van der Waals surface area contributed by atoms with Crippen molar-refractivity contribution in [3.8, 4) is 11.5 Å². The number of hydrogen-bond donors (Lipinski definition) is 2. The van der Waals surface area contributed by atoms with Crippen molar-refractivity contribution in [3.63, 3.8) is 0 Å². The lowest BCUT2D eigenvalue weighted by atomic mass is 10.1. The summed E-state index contributed by atoms with van der Waals surface area (Å²) in [5.74, 6) is 0.769. The van der Waals surface area contributed by atoms with Crippen molar-refractivity contribution in [1.82, 2.24) is 4.90 Å². The minimum atomic E-state index is -0.821. The number of rotatable bonds is 16. The first-order chi connectivity index (χ1) is 20.9. The second kappa shape index (κ2) is 16.1. The van der Waals surface area contributed by atoms with Crippen molar-refractivity contribution < 1.29 is 28.2 Å². The lowest BCUT2D eigenvalue weighted by molar-refractivity contribution is -0.117. The fraction of sp³-hybridized carbons (Fsp3) is 0.294. The number of nitrogens with two attached hydrogens (primary N) is 1. The molecule has 0 radical (unpaired) electrons. The second-order valence-electron chi connectivity index (χ2n) is 9.96. The molecule has 1 heterocycles. The summed E-state index contributed by atoms with van der Waals surface area (Å²) in [6.07, 6.45) is 1.87. The Morgan fingerprint density at radius 2 is 1.65 bits per heavy atom. The zero-order chi connectivity index (χ0) is 30.4. The van der Waals surface area contributed by atoms with Gasteiger partial charge in [-0.3, -0.25) is 4.79 Å². The molecule has 0 aliphatic heterocycles. The molecule has 1 aromatic heterocycles. The van der Waals surface area contributed by atoms with Gasteiger partial charge in [0.05, 0.1) is 23.6 Å². The van der Waals surface area contributed by atoms with Gasteiger partial charge in [0, 0.05) is 6.54 Å². The first-order valence-corrected chi connectivity index (χ1v) is 14.5. The molecule has 9 nitrogen and oxygen atoms in total. The van der Waals surface area contributed by atoms with Crippen LogP contribution < -0.4 is 20.5 Å². The number of likely N-dealkylation sites (N-methyl/N-ethyl adjacent to an activating group) is 1. The number of benzene rings is 3. The number of carbonyl (C=O) groups excluding carboxylic acids is 2. The lowest BCUT2D eigenvalue weighted by Crippen LogP contribution is -2.37. The van der Waals surface area contributed by atoms with Gasteiger partial charge in [-0.15, -0.1) is 0 Å². The van der Waals surface area contributed by atoms with Crippen LogP contribution in [0.15, 0.2) is 95.6 Å².